The summed E-state index contributed by atoms with van der Waals surface area (Å²) in [5, 5.41) is 21.5. The largest absolute Gasteiger partial charge is 0.464 e. The number of nitrogens with zero attached hydrogens (tertiary/aromatic N) is 4. The Morgan fingerprint density at radius 3 is 2.61 bits per heavy atom. The first-order chi connectivity index (χ1) is 14.9. The molecule has 0 radical (unpaired) electrons. The topological polar surface area (TPSA) is 129 Å². The van der Waals surface area contributed by atoms with Crippen LogP contribution in [-0.4, -0.2) is 44.4 Å². The lowest BCUT2D eigenvalue weighted by atomic mass is 10.1. The third-order valence-electron chi connectivity index (χ3n) is 4.55. The first-order valence-corrected chi connectivity index (χ1v) is 9.59. The summed E-state index contributed by atoms with van der Waals surface area (Å²) < 4.78 is 6.43. The van der Waals surface area contributed by atoms with Gasteiger partial charge in [-0.25, -0.2) is 9.48 Å². The molecular weight excluding hydrogens is 402 g/mol. The van der Waals surface area contributed by atoms with Crippen LogP contribution in [0, 0.1) is 17.0 Å². The van der Waals surface area contributed by atoms with Gasteiger partial charge in [0.2, 0.25) is 0 Å². The minimum atomic E-state index is -0.905. The van der Waals surface area contributed by atoms with Crippen molar-refractivity contribution in [2.24, 2.45) is 0 Å². The third-order valence-corrected chi connectivity index (χ3v) is 4.55. The zero-order valence-corrected chi connectivity index (χ0v) is 17.0. The van der Waals surface area contributed by atoms with E-state index in [1.807, 2.05) is 30.3 Å². The van der Waals surface area contributed by atoms with Crippen molar-refractivity contribution in [3.05, 3.63) is 81.7 Å². The van der Waals surface area contributed by atoms with Crippen molar-refractivity contribution in [1.82, 2.24) is 20.3 Å². The van der Waals surface area contributed by atoms with E-state index >= 15 is 0 Å². The summed E-state index contributed by atoms with van der Waals surface area (Å²) in [6.45, 7) is 3.49. The Morgan fingerprint density at radius 2 is 1.94 bits per heavy atom. The number of nitro benzene ring substituents is 1. The Hall–Kier alpha value is -4.08. The van der Waals surface area contributed by atoms with E-state index in [4.69, 9.17) is 4.74 Å². The van der Waals surface area contributed by atoms with Crippen LogP contribution < -0.4 is 5.32 Å². The number of esters is 1. The predicted molar refractivity (Wildman–Crippen MR) is 111 cm³/mol. The summed E-state index contributed by atoms with van der Waals surface area (Å²) in [4.78, 5) is 35.7. The Morgan fingerprint density at radius 1 is 1.19 bits per heavy atom. The molecule has 1 unspecified atom stereocenters. The molecule has 0 spiro atoms. The van der Waals surface area contributed by atoms with Gasteiger partial charge in [0.25, 0.3) is 11.6 Å². The molecule has 0 bridgehead atoms. The number of nitrogens with one attached hydrogen (secondary N) is 1. The van der Waals surface area contributed by atoms with E-state index in [1.54, 1.807) is 19.9 Å². The highest BCUT2D eigenvalue weighted by Crippen LogP contribution is 2.18. The SMILES string of the molecule is CCOC(=O)C(Cc1ccccc1)NC(=O)c1nnn(-c2cccc([N+](=O)[O-])c2)c1C. The lowest BCUT2D eigenvalue weighted by Gasteiger charge is -2.17. The van der Waals surface area contributed by atoms with Gasteiger partial charge in [-0.1, -0.05) is 41.6 Å². The van der Waals surface area contributed by atoms with E-state index in [2.05, 4.69) is 15.6 Å². The number of rotatable bonds is 8. The summed E-state index contributed by atoms with van der Waals surface area (Å²) in [6.07, 6.45) is 0.253. The first kappa shape index (κ1) is 21.6. The fraction of sp³-hybridized carbons (Fsp3) is 0.238. The first-order valence-electron chi connectivity index (χ1n) is 9.59. The number of hydrogen-bond acceptors (Lipinski definition) is 7. The van der Waals surface area contributed by atoms with Crippen molar-refractivity contribution in [1.29, 1.82) is 0 Å². The molecule has 3 aromatic rings. The van der Waals surface area contributed by atoms with Crippen LogP contribution in [-0.2, 0) is 16.0 Å². The van der Waals surface area contributed by atoms with Crippen LogP contribution in [0.4, 0.5) is 5.69 Å². The molecule has 1 amide bonds. The van der Waals surface area contributed by atoms with Crippen molar-refractivity contribution >= 4 is 17.6 Å². The summed E-state index contributed by atoms with van der Waals surface area (Å²) in [6, 6.07) is 14.2. The maximum atomic E-state index is 12.9. The van der Waals surface area contributed by atoms with E-state index < -0.39 is 22.8 Å². The molecule has 160 valence electrons. The molecule has 3 rings (SSSR count). The number of non-ortho nitro benzene ring substituents is 1. The molecule has 10 heteroatoms. The number of amides is 1. The van der Waals surface area contributed by atoms with E-state index in [1.165, 1.54) is 22.9 Å². The number of aromatic nitrogens is 3. The molecule has 0 aliphatic heterocycles. The second-order valence-corrected chi connectivity index (χ2v) is 6.68. The maximum Gasteiger partial charge on any atom is 0.328 e. The predicted octanol–water partition coefficient (Wildman–Crippen LogP) is 2.39. The van der Waals surface area contributed by atoms with Gasteiger partial charge in [-0.15, -0.1) is 5.10 Å². The zero-order chi connectivity index (χ0) is 22.4. The number of nitro groups is 1. The Balaban J connectivity index is 1.83. The minimum absolute atomic E-state index is 0.00821. The number of hydrogen-bond donors (Lipinski definition) is 1. The summed E-state index contributed by atoms with van der Waals surface area (Å²) in [5.41, 5.74) is 1.53. The molecule has 2 aromatic carbocycles. The monoisotopic (exact) mass is 423 g/mol. The van der Waals surface area contributed by atoms with Gasteiger partial charge in [0.05, 0.1) is 22.9 Å². The van der Waals surface area contributed by atoms with Gasteiger partial charge < -0.3 is 10.1 Å². The van der Waals surface area contributed by atoms with Gasteiger partial charge in [-0.2, -0.15) is 0 Å². The standard InChI is InChI=1S/C21H21N5O5/c1-3-31-21(28)18(12-15-8-5-4-6-9-15)22-20(27)19-14(2)25(24-23-19)16-10-7-11-17(13-16)26(29)30/h4-11,13,18H,3,12H2,1-2H3,(H,22,27). The lowest BCUT2D eigenvalue weighted by Crippen LogP contribution is -2.43. The minimum Gasteiger partial charge on any atom is -0.464 e. The molecule has 10 nitrogen and oxygen atoms in total. The molecule has 1 aromatic heterocycles. The number of ether oxygens (including phenoxy) is 1. The van der Waals surface area contributed by atoms with Crippen LogP contribution in [0.3, 0.4) is 0 Å². The average molecular weight is 423 g/mol. The highest BCUT2D eigenvalue weighted by atomic mass is 16.6. The zero-order valence-electron chi connectivity index (χ0n) is 17.0. The normalized spacial score (nSPS) is 11.5. The third kappa shape index (κ3) is 5.10. The van der Waals surface area contributed by atoms with Gasteiger partial charge in [0.1, 0.15) is 6.04 Å². The highest BCUT2D eigenvalue weighted by molar-refractivity contribution is 5.96. The second kappa shape index (κ2) is 9.61. The molecule has 0 saturated heterocycles. The van der Waals surface area contributed by atoms with Crippen molar-refractivity contribution in [2.45, 2.75) is 26.3 Å². The number of carbonyl (C=O) groups is 2. The molecule has 0 saturated carbocycles. The summed E-state index contributed by atoms with van der Waals surface area (Å²) in [7, 11) is 0. The molecule has 0 aliphatic rings. The molecule has 31 heavy (non-hydrogen) atoms. The van der Waals surface area contributed by atoms with Crippen LogP contribution in [0.5, 0.6) is 0 Å². The molecule has 0 aliphatic carbocycles. The van der Waals surface area contributed by atoms with E-state index in [0.29, 0.717) is 11.4 Å². The molecule has 1 N–H and O–H groups in total. The van der Waals surface area contributed by atoms with Gasteiger partial charge >= 0.3 is 5.97 Å². The molecular formula is C21H21N5O5. The molecule has 1 atom stereocenters. The highest BCUT2D eigenvalue weighted by Gasteiger charge is 2.26. The Bertz CT molecular complexity index is 1100. The van der Waals surface area contributed by atoms with Gasteiger partial charge in [-0.05, 0) is 25.5 Å². The fourth-order valence-electron chi connectivity index (χ4n) is 3.04. The van der Waals surface area contributed by atoms with E-state index in [-0.39, 0.29) is 24.4 Å². The van der Waals surface area contributed by atoms with Crippen molar-refractivity contribution < 1.29 is 19.2 Å². The smallest absolute Gasteiger partial charge is 0.328 e. The van der Waals surface area contributed by atoms with Crippen LogP contribution in [0.1, 0.15) is 28.7 Å². The fourth-order valence-corrected chi connectivity index (χ4v) is 3.04. The lowest BCUT2D eigenvalue weighted by molar-refractivity contribution is -0.384. The van der Waals surface area contributed by atoms with Gasteiger partial charge in [0, 0.05) is 18.6 Å². The van der Waals surface area contributed by atoms with Crippen molar-refractivity contribution in [3.63, 3.8) is 0 Å². The number of benzene rings is 2. The van der Waals surface area contributed by atoms with Crippen LogP contribution in [0.2, 0.25) is 0 Å². The second-order valence-electron chi connectivity index (χ2n) is 6.68. The quantitative estimate of drug-likeness (QED) is 0.334. The van der Waals surface area contributed by atoms with Crippen LogP contribution in [0.15, 0.2) is 54.6 Å². The van der Waals surface area contributed by atoms with Crippen LogP contribution >= 0.6 is 0 Å². The van der Waals surface area contributed by atoms with Crippen molar-refractivity contribution in [2.75, 3.05) is 6.61 Å². The maximum absolute atomic E-state index is 12.9. The van der Waals surface area contributed by atoms with Gasteiger partial charge in [0.15, 0.2) is 5.69 Å². The van der Waals surface area contributed by atoms with Crippen molar-refractivity contribution in [3.8, 4) is 5.69 Å². The Kier molecular flexibility index (Phi) is 6.71. The van der Waals surface area contributed by atoms with Crippen LogP contribution in [0.25, 0.3) is 5.69 Å². The van der Waals surface area contributed by atoms with E-state index in [0.717, 1.165) is 5.56 Å². The van der Waals surface area contributed by atoms with E-state index in [9.17, 15) is 19.7 Å². The molecule has 0 fully saturated rings. The summed E-state index contributed by atoms with van der Waals surface area (Å²) >= 11 is 0. The Labute approximate surface area is 178 Å². The average Bonchev–Trinajstić information content (AvgIpc) is 3.15. The number of carbonyl (C=O) groups excluding carboxylic acids is 2. The summed E-state index contributed by atoms with van der Waals surface area (Å²) in [5.74, 6) is -1.15. The van der Waals surface area contributed by atoms with Gasteiger partial charge in [-0.3, -0.25) is 14.9 Å². The molecule has 1 heterocycles.